The van der Waals surface area contributed by atoms with Crippen LogP contribution in [0.1, 0.15) is 5.69 Å². The Hall–Kier alpha value is -1.83. The van der Waals surface area contributed by atoms with Crippen LogP contribution in [0.3, 0.4) is 0 Å². The molecular weight excluding hydrogens is 374 g/mol. The van der Waals surface area contributed by atoms with E-state index in [1.54, 1.807) is 0 Å². The Morgan fingerprint density at radius 3 is 2.05 bits per heavy atom. The second kappa shape index (κ2) is 5.42. The normalized spacial score (nSPS) is 13.0. The average Bonchev–Trinajstić information content (AvgIpc) is 2.22. The Morgan fingerprint density at radius 1 is 1.23 bits per heavy atom. The molecule has 0 radical (unpaired) electrons. The fourth-order valence-electron chi connectivity index (χ4n) is 1.23. The minimum Gasteiger partial charge on any atom is -0.396 e. The molecular formula is C7HClF6N2O5S. The van der Waals surface area contributed by atoms with Gasteiger partial charge in [-0.25, -0.2) is 13.4 Å². The van der Waals surface area contributed by atoms with Crippen molar-refractivity contribution in [2.45, 2.75) is 17.4 Å². The summed E-state index contributed by atoms with van der Waals surface area (Å²) in [6.45, 7) is 0. The molecule has 0 aromatic carbocycles. The van der Waals surface area contributed by atoms with E-state index in [-0.39, 0.29) is 6.20 Å². The van der Waals surface area contributed by atoms with Gasteiger partial charge in [0, 0.05) is 10.7 Å². The van der Waals surface area contributed by atoms with Crippen molar-refractivity contribution in [3.63, 3.8) is 0 Å². The molecule has 1 heterocycles. The number of ether oxygens (including phenoxy) is 1. The van der Waals surface area contributed by atoms with E-state index in [4.69, 9.17) is 10.7 Å². The van der Waals surface area contributed by atoms with Crippen LogP contribution in [0.15, 0.2) is 11.1 Å². The minimum atomic E-state index is -5.78. The molecule has 0 N–H and O–H groups in total. The first-order valence-corrected chi connectivity index (χ1v) is 6.90. The van der Waals surface area contributed by atoms with Crippen LogP contribution in [0, 0.1) is 10.1 Å². The molecule has 0 amide bonds. The highest BCUT2D eigenvalue weighted by molar-refractivity contribution is 8.13. The van der Waals surface area contributed by atoms with E-state index in [0.29, 0.717) is 0 Å². The summed E-state index contributed by atoms with van der Waals surface area (Å²) in [5, 5.41) is 10.7. The van der Waals surface area contributed by atoms with E-state index in [0.717, 1.165) is 0 Å². The largest absolute Gasteiger partial charge is 0.573 e. The van der Waals surface area contributed by atoms with Crippen molar-refractivity contribution in [1.82, 2.24) is 4.98 Å². The van der Waals surface area contributed by atoms with Crippen molar-refractivity contribution in [2.75, 3.05) is 0 Å². The fraction of sp³-hybridized carbons (Fsp3) is 0.286. The van der Waals surface area contributed by atoms with Crippen molar-refractivity contribution in [2.24, 2.45) is 0 Å². The van der Waals surface area contributed by atoms with Gasteiger partial charge in [0.2, 0.25) is 5.75 Å². The topological polar surface area (TPSA) is 99.4 Å². The maximum atomic E-state index is 12.6. The van der Waals surface area contributed by atoms with Crippen molar-refractivity contribution in [3.05, 3.63) is 22.0 Å². The summed E-state index contributed by atoms with van der Waals surface area (Å²) in [6.07, 6.45) is -11.5. The van der Waals surface area contributed by atoms with Gasteiger partial charge >= 0.3 is 18.2 Å². The molecule has 0 fully saturated rings. The molecule has 1 aromatic rings. The zero-order chi connectivity index (χ0) is 17.5. The van der Waals surface area contributed by atoms with Crippen LogP contribution >= 0.6 is 10.7 Å². The van der Waals surface area contributed by atoms with Crippen LogP contribution in [-0.2, 0) is 15.2 Å². The fourth-order valence-corrected chi connectivity index (χ4v) is 2.15. The molecule has 0 saturated heterocycles. The Bertz CT molecular complexity index is 715. The van der Waals surface area contributed by atoms with Crippen LogP contribution in [-0.4, -0.2) is 24.7 Å². The molecule has 124 valence electrons. The molecule has 22 heavy (non-hydrogen) atoms. The summed E-state index contributed by atoms with van der Waals surface area (Å²) in [7, 11) is -0.338. The lowest BCUT2D eigenvalue weighted by Crippen LogP contribution is -2.22. The summed E-state index contributed by atoms with van der Waals surface area (Å²) >= 11 is 0. The lowest BCUT2D eigenvalue weighted by atomic mass is 10.2. The highest BCUT2D eigenvalue weighted by atomic mass is 35.7. The standard InChI is InChI=1S/C7HClF6N2O5S/c8-22(19,20)2-1-15-5(6(9,10)11)4(3(2)16(17)18)21-7(12,13)14/h1H. The summed E-state index contributed by atoms with van der Waals surface area (Å²) in [5.41, 5.74) is -4.56. The SMILES string of the molecule is O=[N+]([O-])c1c(S(=O)(=O)Cl)cnc(C(F)(F)F)c1OC(F)(F)F. The first kappa shape index (κ1) is 18.2. The molecule has 0 aliphatic heterocycles. The van der Waals surface area contributed by atoms with Gasteiger partial charge in [-0.15, -0.1) is 13.2 Å². The van der Waals surface area contributed by atoms with Crippen LogP contribution in [0.25, 0.3) is 0 Å². The zero-order valence-corrected chi connectivity index (χ0v) is 11.1. The predicted octanol–water partition coefficient (Wildman–Crippen LogP) is 2.83. The van der Waals surface area contributed by atoms with Crippen LogP contribution < -0.4 is 4.74 Å². The summed E-state index contributed by atoms with van der Waals surface area (Å²) in [4.78, 5) is 9.63. The minimum absolute atomic E-state index is 0.188. The average molecular weight is 375 g/mol. The molecule has 0 spiro atoms. The quantitative estimate of drug-likeness (QED) is 0.349. The number of hydrogen-bond acceptors (Lipinski definition) is 6. The van der Waals surface area contributed by atoms with Gasteiger partial charge in [-0.1, -0.05) is 0 Å². The van der Waals surface area contributed by atoms with Gasteiger partial charge in [0.05, 0.1) is 11.1 Å². The van der Waals surface area contributed by atoms with Gasteiger partial charge in [0.15, 0.2) is 10.6 Å². The third kappa shape index (κ3) is 4.09. The third-order valence-corrected chi connectivity index (χ3v) is 3.23. The molecule has 0 bridgehead atoms. The van der Waals surface area contributed by atoms with E-state index < -0.39 is 48.5 Å². The molecule has 0 aliphatic carbocycles. The van der Waals surface area contributed by atoms with E-state index in [9.17, 15) is 44.9 Å². The number of alkyl halides is 6. The van der Waals surface area contributed by atoms with E-state index in [2.05, 4.69) is 9.72 Å². The summed E-state index contributed by atoms with van der Waals surface area (Å²) in [5.74, 6) is -2.42. The number of hydrogen-bond donors (Lipinski definition) is 0. The Balaban J connectivity index is 3.88. The summed E-state index contributed by atoms with van der Waals surface area (Å²) < 4.78 is 99.2. The second-order valence-corrected chi connectivity index (χ2v) is 5.92. The van der Waals surface area contributed by atoms with Crippen LogP contribution in [0.5, 0.6) is 5.75 Å². The monoisotopic (exact) mass is 374 g/mol. The lowest BCUT2D eigenvalue weighted by molar-refractivity contribution is -0.392. The molecule has 7 nitrogen and oxygen atoms in total. The van der Waals surface area contributed by atoms with Gasteiger partial charge in [-0.3, -0.25) is 10.1 Å². The van der Waals surface area contributed by atoms with Gasteiger partial charge in [-0.05, 0) is 0 Å². The van der Waals surface area contributed by atoms with E-state index in [1.165, 1.54) is 0 Å². The van der Waals surface area contributed by atoms with Crippen LogP contribution in [0.4, 0.5) is 32.0 Å². The van der Waals surface area contributed by atoms with Crippen molar-refractivity contribution >= 4 is 25.4 Å². The number of nitro groups is 1. The molecule has 1 aromatic heterocycles. The van der Waals surface area contributed by atoms with Gasteiger partial charge in [-0.2, -0.15) is 13.2 Å². The van der Waals surface area contributed by atoms with Crippen molar-refractivity contribution in [3.8, 4) is 5.75 Å². The maximum absolute atomic E-state index is 12.6. The lowest BCUT2D eigenvalue weighted by Gasteiger charge is -2.15. The van der Waals surface area contributed by atoms with Gasteiger partial charge in [0.25, 0.3) is 9.05 Å². The summed E-state index contributed by atoms with van der Waals surface area (Å²) in [6, 6.07) is 0. The highest BCUT2D eigenvalue weighted by Crippen LogP contribution is 2.45. The molecule has 0 unspecified atom stereocenters. The molecule has 0 atom stereocenters. The Morgan fingerprint density at radius 2 is 1.73 bits per heavy atom. The first-order valence-electron chi connectivity index (χ1n) is 4.59. The second-order valence-electron chi connectivity index (χ2n) is 3.39. The first-order chi connectivity index (χ1) is 9.64. The molecule has 0 saturated carbocycles. The number of rotatable bonds is 3. The van der Waals surface area contributed by atoms with Crippen molar-refractivity contribution < 1.29 is 44.4 Å². The third-order valence-electron chi connectivity index (χ3n) is 1.91. The molecule has 0 aliphatic rings. The van der Waals surface area contributed by atoms with Gasteiger partial charge in [0.1, 0.15) is 0 Å². The molecule has 1 rings (SSSR count). The zero-order valence-electron chi connectivity index (χ0n) is 9.57. The highest BCUT2D eigenvalue weighted by Gasteiger charge is 2.47. The van der Waals surface area contributed by atoms with E-state index >= 15 is 0 Å². The van der Waals surface area contributed by atoms with Crippen LogP contribution in [0.2, 0.25) is 0 Å². The predicted molar refractivity (Wildman–Crippen MR) is 55.6 cm³/mol. The van der Waals surface area contributed by atoms with Crippen molar-refractivity contribution in [1.29, 1.82) is 0 Å². The Kier molecular flexibility index (Phi) is 4.49. The number of nitrogens with zero attached hydrogens (tertiary/aromatic N) is 2. The number of aromatic nitrogens is 1. The Labute approximate surface area is 121 Å². The maximum Gasteiger partial charge on any atom is 0.573 e. The number of halogens is 7. The molecule has 15 heteroatoms. The smallest absolute Gasteiger partial charge is 0.396 e. The number of pyridine rings is 1. The van der Waals surface area contributed by atoms with E-state index in [1.807, 2.05) is 0 Å². The van der Waals surface area contributed by atoms with Gasteiger partial charge < -0.3 is 4.74 Å².